The quantitative estimate of drug-likeness (QED) is 0.821. The molecule has 1 unspecified atom stereocenters. The van der Waals surface area contributed by atoms with Crippen molar-refractivity contribution in [1.82, 2.24) is 4.90 Å². The van der Waals surface area contributed by atoms with Crippen LogP contribution in [-0.4, -0.2) is 50.7 Å². The van der Waals surface area contributed by atoms with Crippen LogP contribution in [0, 0.1) is 0 Å². The molecule has 0 fully saturated rings. The van der Waals surface area contributed by atoms with E-state index in [1.807, 2.05) is 42.5 Å². The van der Waals surface area contributed by atoms with E-state index >= 15 is 0 Å². The van der Waals surface area contributed by atoms with Crippen molar-refractivity contribution in [3.05, 3.63) is 53.6 Å². The first-order chi connectivity index (χ1) is 12.1. The fraction of sp³-hybridized carbons (Fsp3) is 0.316. The molecule has 0 saturated carbocycles. The van der Waals surface area contributed by atoms with E-state index in [2.05, 4.69) is 4.90 Å². The van der Waals surface area contributed by atoms with Crippen LogP contribution in [-0.2, 0) is 4.79 Å². The molecule has 1 amide bonds. The van der Waals surface area contributed by atoms with Crippen molar-refractivity contribution in [2.75, 3.05) is 38.7 Å². The summed E-state index contributed by atoms with van der Waals surface area (Å²) >= 11 is 6.12. The summed E-state index contributed by atoms with van der Waals surface area (Å²) in [6.45, 7) is 1.57. The van der Waals surface area contributed by atoms with Gasteiger partial charge < -0.3 is 19.3 Å². The Balaban J connectivity index is 1.70. The highest BCUT2D eigenvalue weighted by Crippen LogP contribution is 2.33. The summed E-state index contributed by atoms with van der Waals surface area (Å²) in [6, 6.07) is 15.1. The lowest BCUT2D eigenvalue weighted by molar-refractivity contribution is -0.136. The van der Waals surface area contributed by atoms with Crippen molar-refractivity contribution in [1.29, 1.82) is 0 Å². The molecule has 0 bridgehead atoms. The van der Waals surface area contributed by atoms with Crippen LogP contribution in [0.15, 0.2) is 48.5 Å². The first kappa shape index (κ1) is 17.4. The van der Waals surface area contributed by atoms with Gasteiger partial charge in [0.05, 0.1) is 23.8 Å². The maximum Gasteiger partial charge on any atom is 0.265 e. The van der Waals surface area contributed by atoms with E-state index in [1.165, 1.54) is 0 Å². The van der Waals surface area contributed by atoms with Gasteiger partial charge in [0.2, 0.25) is 0 Å². The Morgan fingerprint density at radius 2 is 1.96 bits per heavy atom. The number of carbonyl (C=O) groups excluding carboxylic acids is 1. The highest BCUT2D eigenvalue weighted by Gasteiger charge is 2.31. The minimum atomic E-state index is -0.523. The molecule has 1 heterocycles. The molecule has 0 saturated heterocycles. The van der Waals surface area contributed by atoms with Gasteiger partial charge in [-0.25, -0.2) is 0 Å². The van der Waals surface area contributed by atoms with Gasteiger partial charge in [0.1, 0.15) is 18.1 Å². The molecule has 0 N–H and O–H groups in total. The molecule has 5 nitrogen and oxygen atoms in total. The van der Waals surface area contributed by atoms with Crippen LogP contribution in [0.2, 0.25) is 5.02 Å². The Bertz CT molecular complexity index is 751. The van der Waals surface area contributed by atoms with Crippen LogP contribution in [0.4, 0.5) is 5.69 Å². The normalized spacial score (nSPS) is 16.0. The topological polar surface area (TPSA) is 42.0 Å². The van der Waals surface area contributed by atoms with Gasteiger partial charge in [0.15, 0.2) is 6.10 Å². The maximum absolute atomic E-state index is 12.3. The fourth-order valence-electron chi connectivity index (χ4n) is 2.76. The van der Waals surface area contributed by atoms with E-state index < -0.39 is 6.10 Å². The van der Waals surface area contributed by atoms with Gasteiger partial charge in [-0.1, -0.05) is 35.9 Å². The molecule has 2 aromatic carbocycles. The summed E-state index contributed by atoms with van der Waals surface area (Å²) in [5.74, 6) is 1.32. The van der Waals surface area contributed by atoms with E-state index in [1.54, 1.807) is 25.1 Å². The van der Waals surface area contributed by atoms with Gasteiger partial charge in [-0.3, -0.25) is 4.79 Å². The molecule has 3 rings (SSSR count). The molecule has 132 valence electrons. The average molecular weight is 361 g/mol. The second kappa shape index (κ2) is 7.66. The lowest BCUT2D eigenvalue weighted by Gasteiger charge is -2.36. The minimum Gasteiger partial charge on any atom is -0.490 e. The summed E-state index contributed by atoms with van der Waals surface area (Å²) in [7, 11) is 3.47. The Morgan fingerprint density at radius 3 is 2.72 bits per heavy atom. The number of para-hydroxylation sites is 3. The SMILES string of the molecule is CN(C)C(=O)C1CN(CCOc2ccccc2Cl)c2ccccc2O1. The third-order valence-corrected chi connectivity index (χ3v) is 4.35. The van der Waals surface area contributed by atoms with Crippen LogP contribution in [0.1, 0.15) is 0 Å². The molecule has 0 radical (unpaired) electrons. The number of hydrogen-bond acceptors (Lipinski definition) is 4. The average Bonchev–Trinajstić information content (AvgIpc) is 2.62. The largest absolute Gasteiger partial charge is 0.490 e. The van der Waals surface area contributed by atoms with Crippen molar-refractivity contribution in [3.63, 3.8) is 0 Å². The number of amides is 1. The van der Waals surface area contributed by atoms with Gasteiger partial charge in [-0.2, -0.15) is 0 Å². The van der Waals surface area contributed by atoms with Gasteiger partial charge in [0, 0.05) is 14.1 Å². The van der Waals surface area contributed by atoms with E-state index in [4.69, 9.17) is 21.1 Å². The number of rotatable bonds is 5. The molecule has 6 heteroatoms. The van der Waals surface area contributed by atoms with Crippen LogP contribution in [0.5, 0.6) is 11.5 Å². The molecule has 1 aliphatic heterocycles. The van der Waals surface area contributed by atoms with Gasteiger partial charge in [-0.05, 0) is 24.3 Å². The molecule has 0 aliphatic carbocycles. The Labute approximate surface area is 152 Å². The van der Waals surface area contributed by atoms with Gasteiger partial charge in [-0.15, -0.1) is 0 Å². The van der Waals surface area contributed by atoms with E-state index in [-0.39, 0.29) is 5.91 Å². The van der Waals surface area contributed by atoms with Crippen LogP contribution < -0.4 is 14.4 Å². The predicted molar refractivity (Wildman–Crippen MR) is 98.7 cm³/mol. The second-order valence-corrected chi connectivity index (χ2v) is 6.44. The minimum absolute atomic E-state index is 0.0495. The zero-order chi connectivity index (χ0) is 17.8. The summed E-state index contributed by atoms with van der Waals surface area (Å²) < 4.78 is 11.7. The van der Waals surface area contributed by atoms with E-state index in [0.717, 1.165) is 5.69 Å². The molecule has 2 aromatic rings. The number of halogens is 1. The molecule has 25 heavy (non-hydrogen) atoms. The van der Waals surface area contributed by atoms with Crippen LogP contribution >= 0.6 is 11.6 Å². The van der Waals surface area contributed by atoms with Gasteiger partial charge >= 0.3 is 0 Å². The summed E-state index contributed by atoms with van der Waals surface area (Å²) in [4.78, 5) is 16.0. The molecule has 1 aliphatic rings. The Morgan fingerprint density at radius 1 is 1.24 bits per heavy atom. The highest BCUT2D eigenvalue weighted by atomic mass is 35.5. The molecule has 0 spiro atoms. The lowest BCUT2D eigenvalue weighted by Crippen LogP contribution is -2.49. The number of likely N-dealkylation sites (N-methyl/N-ethyl adjacent to an activating group) is 1. The van der Waals surface area contributed by atoms with Crippen molar-refractivity contribution >= 4 is 23.2 Å². The van der Waals surface area contributed by atoms with Crippen molar-refractivity contribution < 1.29 is 14.3 Å². The first-order valence-corrected chi connectivity index (χ1v) is 8.53. The molecular weight excluding hydrogens is 340 g/mol. The molecule has 1 atom stereocenters. The van der Waals surface area contributed by atoms with E-state index in [0.29, 0.717) is 36.2 Å². The number of ether oxygens (including phenoxy) is 2. The number of anilines is 1. The number of hydrogen-bond donors (Lipinski definition) is 0. The third kappa shape index (κ3) is 3.99. The monoisotopic (exact) mass is 360 g/mol. The summed E-state index contributed by atoms with van der Waals surface area (Å²) in [5.41, 5.74) is 0.966. The van der Waals surface area contributed by atoms with Crippen molar-refractivity contribution in [3.8, 4) is 11.5 Å². The third-order valence-electron chi connectivity index (χ3n) is 4.03. The fourth-order valence-corrected chi connectivity index (χ4v) is 2.95. The number of nitrogens with zero attached hydrogens (tertiary/aromatic N) is 2. The van der Waals surface area contributed by atoms with Crippen LogP contribution in [0.25, 0.3) is 0 Å². The number of carbonyl (C=O) groups is 1. The van der Waals surface area contributed by atoms with Crippen molar-refractivity contribution in [2.24, 2.45) is 0 Å². The Kier molecular flexibility index (Phi) is 5.34. The summed E-state index contributed by atoms with van der Waals surface area (Å²) in [6.07, 6.45) is -0.523. The Hall–Kier alpha value is -2.40. The van der Waals surface area contributed by atoms with E-state index in [9.17, 15) is 4.79 Å². The standard InChI is InChI=1S/C19H21ClN2O3/c1-21(2)19(23)18-13-22(15-8-4-6-10-17(15)25-18)11-12-24-16-9-5-3-7-14(16)20/h3-10,18H,11-13H2,1-2H3. The van der Waals surface area contributed by atoms with Crippen molar-refractivity contribution in [2.45, 2.75) is 6.10 Å². The number of benzene rings is 2. The van der Waals surface area contributed by atoms with Gasteiger partial charge in [0.25, 0.3) is 5.91 Å². The van der Waals surface area contributed by atoms with Crippen LogP contribution in [0.3, 0.4) is 0 Å². The molecular formula is C19H21ClN2O3. The lowest BCUT2D eigenvalue weighted by atomic mass is 10.1. The smallest absolute Gasteiger partial charge is 0.265 e. The zero-order valence-corrected chi connectivity index (χ0v) is 15.1. The number of fused-ring (bicyclic) bond motifs is 1. The zero-order valence-electron chi connectivity index (χ0n) is 14.3. The highest BCUT2D eigenvalue weighted by molar-refractivity contribution is 6.32. The predicted octanol–water partition coefficient (Wildman–Crippen LogP) is 3.07. The maximum atomic E-state index is 12.3. The molecule has 0 aromatic heterocycles. The summed E-state index contributed by atoms with van der Waals surface area (Å²) in [5, 5.41) is 0.588. The first-order valence-electron chi connectivity index (χ1n) is 8.15. The second-order valence-electron chi connectivity index (χ2n) is 6.03.